The van der Waals surface area contributed by atoms with E-state index in [9.17, 15) is 9.59 Å². The van der Waals surface area contributed by atoms with Crippen LogP contribution in [0.5, 0.6) is 0 Å². The molecule has 0 saturated heterocycles. The average Bonchev–Trinajstić information content (AvgIpc) is 2.20. The summed E-state index contributed by atoms with van der Waals surface area (Å²) < 4.78 is 5.07. The van der Waals surface area contributed by atoms with Gasteiger partial charge in [0.2, 0.25) is 5.91 Å². The maximum absolute atomic E-state index is 11.0. The van der Waals surface area contributed by atoms with Gasteiger partial charge < -0.3 is 20.3 Å². The molecule has 0 spiro atoms. The Morgan fingerprint density at radius 3 is 2.60 bits per heavy atom. The number of carbonyl (C=O) groups is 2. The first-order chi connectivity index (χ1) is 7.07. The summed E-state index contributed by atoms with van der Waals surface area (Å²) in [4.78, 5) is 21.2. The van der Waals surface area contributed by atoms with Gasteiger partial charge in [-0.15, -0.1) is 0 Å². The monoisotopic (exact) mass is 219 g/mol. The number of aliphatic carboxylic acids is 1. The summed E-state index contributed by atoms with van der Waals surface area (Å²) in [6.07, 6.45) is -0.489. The van der Waals surface area contributed by atoms with E-state index in [4.69, 9.17) is 14.9 Å². The van der Waals surface area contributed by atoms with Gasteiger partial charge in [-0.25, -0.2) is 4.79 Å². The zero-order chi connectivity index (χ0) is 11.7. The van der Waals surface area contributed by atoms with Gasteiger partial charge >= 0.3 is 5.97 Å². The Balaban J connectivity index is 3.45. The van der Waals surface area contributed by atoms with Gasteiger partial charge in [-0.3, -0.25) is 4.79 Å². The van der Waals surface area contributed by atoms with Crippen molar-refractivity contribution in [2.24, 2.45) is 0 Å². The number of aliphatic hydroxyl groups is 1. The van der Waals surface area contributed by atoms with Gasteiger partial charge in [-0.2, -0.15) is 0 Å². The lowest BCUT2D eigenvalue weighted by molar-refractivity contribution is -0.146. The Morgan fingerprint density at radius 2 is 2.07 bits per heavy atom. The number of nitrogens with one attached hydrogen (secondary N) is 1. The Hall–Kier alpha value is -1.14. The van der Waals surface area contributed by atoms with Gasteiger partial charge in [0.15, 0.2) is 6.10 Å². The molecule has 0 bridgehead atoms. The highest BCUT2D eigenvalue weighted by molar-refractivity contribution is 5.77. The number of carboxylic acid groups (broad SMARTS) is 1. The second kappa shape index (κ2) is 8.19. The fraction of sp³-hybridized carbons (Fsp3) is 0.778. The number of hydrogen-bond acceptors (Lipinski definition) is 4. The summed E-state index contributed by atoms with van der Waals surface area (Å²) in [6, 6.07) is 0. The van der Waals surface area contributed by atoms with Crippen LogP contribution in [0.2, 0.25) is 0 Å². The highest BCUT2D eigenvalue weighted by Crippen LogP contribution is 1.87. The lowest BCUT2D eigenvalue weighted by Gasteiger charge is -2.07. The van der Waals surface area contributed by atoms with E-state index < -0.39 is 12.1 Å². The van der Waals surface area contributed by atoms with Crippen molar-refractivity contribution in [2.75, 3.05) is 19.8 Å². The zero-order valence-corrected chi connectivity index (χ0v) is 8.73. The van der Waals surface area contributed by atoms with Crippen LogP contribution in [0, 0.1) is 0 Å². The quantitative estimate of drug-likeness (QED) is 0.472. The molecule has 0 aromatic heterocycles. The van der Waals surface area contributed by atoms with Crippen LogP contribution in [0.15, 0.2) is 0 Å². The first-order valence-corrected chi connectivity index (χ1v) is 4.83. The second-order valence-corrected chi connectivity index (χ2v) is 3.02. The van der Waals surface area contributed by atoms with E-state index in [1.165, 1.54) is 0 Å². The molecule has 88 valence electrons. The van der Waals surface area contributed by atoms with E-state index in [2.05, 4.69) is 5.32 Å². The van der Waals surface area contributed by atoms with Crippen LogP contribution in [0.3, 0.4) is 0 Å². The van der Waals surface area contributed by atoms with E-state index in [-0.39, 0.29) is 18.9 Å². The highest BCUT2D eigenvalue weighted by atomic mass is 16.5. The van der Waals surface area contributed by atoms with E-state index in [1.54, 1.807) is 0 Å². The highest BCUT2D eigenvalue weighted by Gasteiger charge is 2.13. The molecule has 0 aliphatic carbocycles. The molecule has 0 aromatic carbocycles. The molecule has 6 heteroatoms. The van der Waals surface area contributed by atoms with Crippen molar-refractivity contribution in [3.05, 3.63) is 0 Å². The van der Waals surface area contributed by atoms with Gasteiger partial charge in [0, 0.05) is 13.0 Å². The molecular weight excluding hydrogens is 202 g/mol. The summed E-state index contributed by atoms with van der Waals surface area (Å²) in [5.41, 5.74) is 0. The lowest BCUT2D eigenvalue weighted by atomic mass is 10.3. The zero-order valence-electron chi connectivity index (χ0n) is 8.73. The Kier molecular flexibility index (Phi) is 7.57. The first kappa shape index (κ1) is 13.9. The molecule has 0 fully saturated rings. The molecule has 1 unspecified atom stereocenters. The number of rotatable bonds is 8. The SMILES string of the molecule is CCCOCCC(=O)NCC(O)C(=O)O. The van der Waals surface area contributed by atoms with Crippen molar-refractivity contribution in [2.45, 2.75) is 25.9 Å². The Bertz CT molecular complexity index is 207. The maximum Gasteiger partial charge on any atom is 0.334 e. The Labute approximate surface area is 88.2 Å². The third-order valence-corrected chi connectivity index (χ3v) is 1.60. The lowest BCUT2D eigenvalue weighted by Crippen LogP contribution is -2.36. The average molecular weight is 219 g/mol. The standard InChI is InChI=1S/C9H17NO5/c1-2-4-15-5-3-8(12)10-6-7(11)9(13)14/h7,11H,2-6H2,1H3,(H,10,12)(H,13,14). The molecular formula is C9H17NO5. The van der Waals surface area contributed by atoms with Crippen molar-refractivity contribution in [3.8, 4) is 0 Å². The van der Waals surface area contributed by atoms with E-state index >= 15 is 0 Å². The van der Waals surface area contributed by atoms with Gasteiger partial charge in [0.05, 0.1) is 13.2 Å². The van der Waals surface area contributed by atoms with Crippen molar-refractivity contribution >= 4 is 11.9 Å². The van der Waals surface area contributed by atoms with Crippen LogP contribution >= 0.6 is 0 Å². The van der Waals surface area contributed by atoms with E-state index in [0.717, 1.165) is 6.42 Å². The van der Waals surface area contributed by atoms with Crippen molar-refractivity contribution < 1.29 is 24.5 Å². The number of carbonyl (C=O) groups excluding carboxylic acids is 1. The summed E-state index contributed by atoms with van der Waals surface area (Å²) in [7, 11) is 0. The largest absolute Gasteiger partial charge is 0.479 e. The molecule has 3 N–H and O–H groups in total. The van der Waals surface area contributed by atoms with Gasteiger partial charge in [0.1, 0.15) is 0 Å². The predicted molar refractivity (Wildman–Crippen MR) is 52.4 cm³/mol. The number of amides is 1. The minimum atomic E-state index is -1.55. The maximum atomic E-state index is 11.0. The first-order valence-electron chi connectivity index (χ1n) is 4.83. The molecule has 1 amide bonds. The summed E-state index contributed by atoms with van der Waals surface area (Å²) >= 11 is 0. The molecule has 0 aliphatic rings. The van der Waals surface area contributed by atoms with Crippen LogP contribution in [0.1, 0.15) is 19.8 Å². The van der Waals surface area contributed by atoms with Crippen molar-refractivity contribution in [3.63, 3.8) is 0 Å². The molecule has 0 radical (unpaired) electrons. The van der Waals surface area contributed by atoms with E-state index in [0.29, 0.717) is 13.2 Å². The smallest absolute Gasteiger partial charge is 0.334 e. The summed E-state index contributed by atoms with van der Waals surface area (Å²) in [5.74, 6) is -1.68. The van der Waals surface area contributed by atoms with Crippen molar-refractivity contribution in [1.82, 2.24) is 5.32 Å². The summed E-state index contributed by atoms with van der Waals surface area (Å²) in [6.45, 7) is 2.60. The molecule has 0 saturated carbocycles. The van der Waals surface area contributed by atoms with Crippen LogP contribution in [-0.4, -0.2) is 48.0 Å². The number of aliphatic hydroxyl groups excluding tert-OH is 1. The molecule has 6 nitrogen and oxygen atoms in total. The van der Waals surface area contributed by atoms with Crippen LogP contribution < -0.4 is 5.32 Å². The normalized spacial score (nSPS) is 12.1. The third-order valence-electron chi connectivity index (χ3n) is 1.60. The minimum absolute atomic E-state index is 0.173. The summed E-state index contributed by atoms with van der Waals surface area (Å²) in [5, 5.41) is 19.4. The van der Waals surface area contributed by atoms with Crippen LogP contribution in [0.25, 0.3) is 0 Å². The minimum Gasteiger partial charge on any atom is -0.479 e. The van der Waals surface area contributed by atoms with E-state index in [1.807, 2.05) is 6.92 Å². The molecule has 0 rings (SSSR count). The number of hydrogen-bond donors (Lipinski definition) is 3. The van der Waals surface area contributed by atoms with Gasteiger partial charge in [-0.1, -0.05) is 6.92 Å². The van der Waals surface area contributed by atoms with Gasteiger partial charge in [-0.05, 0) is 6.42 Å². The number of carboxylic acids is 1. The fourth-order valence-electron chi connectivity index (χ4n) is 0.797. The third kappa shape index (κ3) is 7.90. The van der Waals surface area contributed by atoms with Crippen molar-refractivity contribution in [1.29, 1.82) is 0 Å². The van der Waals surface area contributed by atoms with Gasteiger partial charge in [0.25, 0.3) is 0 Å². The molecule has 0 aromatic rings. The van der Waals surface area contributed by atoms with Crippen LogP contribution in [0.4, 0.5) is 0 Å². The molecule has 0 heterocycles. The second-order valence-electron chi connectivity index (χ2n) is 3.02. The Morgan fingerprint density at radius 1 is 1.40 bits per heavy atom. The molecule has 1 atom stereocenters. The topological polar surface area (TPSA) is 95.9 Å². The number of ether oxygens (including phenoxy) is 1. The molecule has 15 heavy (non-hydrogen) atoms. The fourth-order valence-corrected chi connectivity index (χ4v) is 0.797. The molecule has 0 aliphatic heterocycles. The predicted octanol–water partition coefficient (Wildman–Crippen LogP) is -0.635. The van der Waals surface area contributed by atoms with Crippen LogP contribution in [-0.2, 0) is 14.3 Å².